The van der Waals surface area contributed by atoms with E-state index in [1.807, 2.05) is 0 Å². The molecule has 3 rings (SSSR count). The maximum Gasteiger partial charge on any atom is 0.335 e. The van der Waals surface area contributed by atoms with Gasteiger partial charge in [-0.05, 0) is 0 Å². The first-order chi connectivity index (χ1) is 17.2. The number of aliphatic hydroxyl groups is 8. The quantitative estimate of drug-likeness (QED) is 0.141. The minimum absolute atomic E-state index is 1.79. The van der Waals surface area contributed by atoms with Crippen molar-refractivity contribution < 1.29 is 94.2 Å². The molecule has 0 aromatic carbocycles. The second-order valence-corrected chi connectivity index (χ2v) is 8.45. The zero-order valence-corrected chi connectivity index (χ0v) is 18.3. The molecule has 0 aromatic heterocycles. The Morgan fingerprint density at radius 1 is 0.459 bits per heavy atom. The molecular formula is C18H26O19. The number of aliphatic carboxylic acids is 3. The molecule has 15 atom stereocenters. The van der Waals surface area contributed by atoms with Crippen LogP contribution >= 0.6 is 0 Å². The predicted molar refractivity (Wildman–Crippen MR) is 103 cm³/mol. The highest BCUT2D eigenvalue weighted by Crippen LogP contribution is 2.32. The van der Waals surface area contributed by atoms with E-state index in [4.69, 9.17) is 24.1 Å². The standard InChI is InChI=1S/C18H26O19/c19-1-2(20)10(13(26)27)36-17(6(1)24)35-9-4(22)7(25)18(37-12(9)15(30)31)34-8-3(21)5(23)16(32)33-11(8)14(28)29/h1-12,16-25,32H,(H,26,27)(H,28,29)(H,30,31)/t1-,2-,3+,4+,5-,6-,7-,8-,9-,10-,11+,12-,16+,17+,18+/m0/s1. The van der Waals surface area contributed by atoms with Gasteiger partial charge in [-0.15, -0.1) is 0 Å². The summed E-state index contributed by atoms with van der Waals surface area (Å²) in [6, 6.07) is 0. The lowest BCUT2D eigenvalue weighted by Gasteiger charge is -2.46. The maximum atomic E-state index is 11.8. The summed E-state index contributed by atoms with van der Waals surface area (Å²) in [6.45, 7) is 0. The van der Waals surface area contributed by atoms with Gasteiger partial charge >= 0.3 is 17.9 Å². The van der Waals surface area contributed by atoms with Crippen LogP contribution in [0.2, 0.25) is 0 Å². The Morgan fingerprint density at radius 2 is 0.838 bits per heavy atom. The monoisotopic (exact) mass is 546 g/mol. The number of ether oxygens (including phenoxy) is 5. The van der Waals surface area contributed by atoms with Gasteiger partial charge in [0.1, 0.15) is 54.9 Å². The summed E-state index contributed by atoms with van der Waals surface area (Å²) in [7, 11) is 0. The van der Waals surface area contributed by atoms with Gasteiger partial charge < -0.3 is 79.9 Å². The van der Waals surface area contributed by atoms with Crippen LogP contribution in [0, 0.1) is 0 Å². The van der Waals surface area contributed by atoms with E-state index in [1.165, 1.54) is 0 Å². The maximum absolute atomic E-state index is 11.8. The first-order valence-corrected chi connectivity index (χ1v) is 10.6. The van der Waals surface area contributed by atoms with Crippen LogP contribution < -0.4 is 0 Å². The van der Waals surface area contributed by atoms with Crippen molar-refractivity contribution in [3.05, 3.63) is 0 Å². The second kappa shape index (κ2) is 11.3. The Labute approximate surface area is 205 Å². The first kappa shape index (κ1) is 29.4. The molecule has 0 aromatic rings. The highest BCUT2D eigenvalue weighted by molar-refractivity contribution is 5.74. The highest BCUT2D eigenvalue weighted by Gasteiger charge is 2.56. The van der Waals surface area contributed by atoms with Gasteiger partial charge in [0.2, 0.25) is 0 Å². The van der Waals surface area contributed by atoms with E-state index in [0.29, 0.717) is 0 Å². The van der Waals surface area contributed by atoms with E-state index in [-0.39, 0.29) is 0 Å². The van der Waals surface area contributed by atoms with Crippen LogP contribution in [0.4, 0.5) is 0 Å². The van der Waals surface area contributed by atoms with Crippen molar-refractivity contribution in [2.24, 2.45) is 0 Å². The number of hydrogen-bond donors (Lipinski definition) is 11. The molecule has 19 heteroatoms. The van der Waals surface area contributed by atoms with Crippen molar-refractivity contribution in [3.8, 4) is 0 Å². The molecule has 0 saturated carbocycles. The molecule has 3 aliphatic heterocycles. The molecule has 0 unspecified atom stereocenters. The third-order valence-electron chi connectivity index (χ3n) is 5.99. The lowest BCUT2D eigenvalue weighted by atomic mass is 9.95. The van der Waals surface area contributed by atoms with Gasteiger partial charge in [0.15, 0.2) is 37.2 Å². The van der Waals surface area contributed by atoms with Crippen LogP contribution in [-0.4, -0.2) is 166 Å². The van der Waals surface area contributed by atoms with Crippen molar-refractivity contribution in [1.82, 2.24) is 0 Å². The van der Waals surface area contributed by atoms with Crippen molar-refractivity contribution in [2.75, 3.05) is 0 Å². The molecule has 3 aliphatic rings. The summed E-state index contributed by atoms with van der Waals surface area (Å²) in [6.07, 6.45) is -32.5. The third-order valence-corrected chi connectivity index (χ3v) is 5.99. The average Bonchev–Trinajstić information content (AvgIpc) is 2.82. The van der Waals surface area contributed by atoms with Gasteiger partial charge in [-0.3, -0.25) is 0 Å². The fraction of sp³-hybridized carbons (Fsp3) is 0.833. The molecule has 3 fully saturated rings. The van der Waals surface area contributed by atoms with Crippen LogP contribution in [-0.2, 0) is 38.1 Å². The van der Waals surface area contributed by atoms with Gasteiger partial charge in [-0.25, -0.2) is 14.4 Å². The normalized spacial score (nSPS) is 48.8. The van der Waals surface area contributed by atoms with Crippen LogP contribution in [0.25, 0.3) is 0 Å². The lowest BCUT2D eigenvalue weighted by molar-refractivity contribution is -0.368. The molecule has 0 bridgehead atoms. The van der Waals surface area contributed by atoms with Crippen molar-refractivity contribution in [2.45, 2.75) is 92.1 Å². The molecule has 11 N–H and O–H groups in total. The predicted octanol–water partition coefficient (Wildman–Crippen LogP) is -7.30. The zero-order chi connectivity index (χ0) is 27.9. The summed E-state index contributed by atoms with van der Waals surface area (Å²) in [4.78, 5) is 34.5. The van der Waals surface area contributed by atoms with Crippen LogP contribution in [0.3, 0.4) is 0 Å². The van der Waals surface area contributed by atoms with Crippen molar-refractivity contribution in [1.29, 1.82) is 0 Å². The van der Waals surface area contributed by atoms with E-state index in [1.54, 1.807) is 0 Å². The van der Waals surface area contributed by atoms with Crippen LogP contribution in [0.15, 0.2) is 0 Å². The molecule has 0 spiro atoms. The largest absolute Gasteiger partial charge is 0.479 e. The molecule has 19 nitrogen and oxygen atoms in total. The van der Waals surface area contributed by atoms with E-state index >= 15 is 0 Å². The van der Waals surface area contributed by atoms with Crippen LogP contribution in [0.5, 0.6) is 0 Å². The molecule has 3 heterocycles. The topological polar surface area (TPSA) is 320 Å². The molecule has 212 valence electrons. The van der Waals surface area contributed by atoms with Gasteiger partial charge in [-0.1, -0.05) is 0 Å². The average molecular weight is 546 g/mol. The Hall–Kier alpha value is -2.11. The summed E-state index contributed by atoms with van der Waals surface area (Å²) < 4.78 is 24.8. The molecular weight excluding hydrogens is 520 g/mol. The zero-order valence-electron chi connectivity index (χ0n) is 18.3. The summed E-state index contributed by atoms with van der Waals surface area (Å²) in [5.41, 5.74) is 0. The number of rotatable bonds is 7. The summed E-state index contributed by atoms with van der Waals surface area (Å²) in [5.74, 6) is -5.46. The molecule has 37 heavy (non-hydrogen) atoms. The van der Waals surface area contributed by atoms with Gasteiger partial charge in [0.05, 0.1) is 0 Å². The minimum Gasteiger partial charge on any atom is -0.479 e. The van der Waals surface area contributed by atoms with Gasteiger partial charge in [0.25, 0.3) is 0 Å². The van der Waals surface area contributed by atoms with Crippen LogP contribution in [0.1, 0.15) is 0 Å². The Kier molecular flexibility index (Phi) is 9.01. The Morgan fingerprint density at radius 3 is 1.30 bits per heavy atom. The molecule has 0 aliphatic carbocycles. The van der Waals surface area contributed by atoms with E-state index in [0.717, 1.165) is 0 Å². The second-order valence-electron chi connectivity index (χ2n) is 8.45. The number of aliphatic hydroxyl groups excluding tert-OH is 8. The molecule has 0 radical (unpaired) electrons. The van der Waals surface area contributed by atoms with E-state index in [2.05, 4.69) is 4.74 Å². The summed E-state index contributed by atoms with van der Waals surface area (Å²) >= 11 is 0. The Balaban J connectivity index is 1.81. The van der Waals surface area contributed by atoms with E-state index < -0.39 is 110 Å². The number of carboxylic acids is 3. The van der Waals surface area contributed by atoms with Gasteiger partial charge in [-0.2, -0.15) is 0 Å². The fourth-order valence-electron chi connectivity index (χ4n) is 3.98. The molecule has 0 amide bonds. The fourth-order valence-corrected chi connectivity index (χ4v) is 3.98. The minimum atomic E-state index is -2.29. The smallest absolute Gasteiger partial charge is 0.335 e. The highest BCUT2D eigenvalue weighted by atomic mass is 16.8. The van der Waals surface area contributed by atoms with Gasteiger partial charge in [0, 0.05) is 0 Å². The number of carbonyl (C=O) groups is 3. The van der Waals surface area contributed by atoms with Crippen molar-refractivity contribution in [3.63, 3.8) is 0 Å². The Bertz CT molecular complexity index is 853. The lowest BCUT2D eigenvalue weighted by Crippen LogP contribution is -2.67. The molecule has 3 saturated heterocycles. The van der Waals surface area contributed by atoms with E-state index in [9.17, 15) is 65.4 Å². The number of hydrogen-bond acceptors (Lipinski definition) is 16. The SMILES string of the molecule is O=C(O)[C@H]1O[C@@H](O[C@H]2[C@H](O)[C@H](O)[C@H](O[C@H]3[C@H](O)[C@H](O)[C@H](O)O[C@H]3C(=O)O)O[C@@H]2C(=O)O)[C@@H](O)[C@@H](O)[C@@H]1O. The number of carboxylic acid groups (broad SMARTS) is 3. The first-order valence-electron chi connectivity index (χ1n) is 10.6. The van der Waals surface area contributed by atoms with Crippen molar-refractivity contribution >= 4 is 17.9 Å². The third kappa shape index (κ3) is 5.68. The summed E-state index contributed by atoms with van der Waals surface area (Å²) in [5, 5.41) is 108.